The number of pyridine rings is 1. The van der Waals surface area contributed by atoms with Gasteiger partial charge in [-0.2, -0.15) is 9.57 Å². The van der Waals surface area contributed by atoms with Crippen molar-refractivity contribution in [2.24, 2.45) is 0 Å². The summed E-state index contributed by atoms with van der Waals surface area (Å²) < 4.78 is 27.3. The molecule has 1 fully saturated rings. The lowest BCUT2D eigenvalue weighted by Crippen LogP contribution is -2.49. The third kappa shape index (κ3) is 4.47. The van der Waals surface area contributed by atoms with E-state index in [9.17, 15) is 13.7 Å². The van der Waals surface area contributed by atoms with Crippen molar-refractivity contribution in [3.05, 3.63) is 65.9 Å². The summed E-state index contributed by atoms with van der Waals surface area (Å²) in [6.45, 7) is 3.54. The lowest BCUT2D eigenvalue weighted by atomic mass is 10.2. The van der Waals surface area contributed by atoms with Crippen LogP contribution in [0.1, 0.15) is 11.1 Å². The van der Waals surface area contributed by atoms with Crippen molar-refractivity contribution in [2.45, 2.75) is 11.8 Å². The Morgan fingerprint density at radius 3 is 2.35 bits per heavy atom. The van der Waals surface area contributed by atoms with Crippen molar-refractivity contribution in [1.29, 1.82) is 5.26 Å². The predicted octanol–water partition coefficient (Wildman–Crippen LogP) is 2.31. The van der Waals surface area contributed by atoms with Crippen molar-refractivity contribution in [3.8, 4) is 6.07 Å². The zero-order valence-corrected chi connectivity index (χ0v) is 17.7. The van der Waals surface area contributed by atoms with E-state index < -0.39 is 10.0 Å². The summed E-state index contributed by atoms with van der Waals surface area (Å²) in [5.41, 5.74) is 1.23. The Balaban J connectivity index is 1.40. The van der Waals surface area contributed by atoms with E-state index in [1.807, 2.05) is 42.2 Å². The van der Waals surface area contributed by atoms with Crippen LogP contribution in [0.25, 0.3) is 0 Å². The SMILES string of the molecule is Cc1ccc(Nc2ccc(N3CCN(S(=O)(=O)c4ccccc4C#N)CC3)nn2)nc1. The fraction of sp³-hybridized carbons (Fsp3) is 0.238. The predicted molar refractivity (Wildman–Crippen MR) is 116 cm³/mol. The van der Waals surface area contributed by atoms with Crippen molar-refractivity contribution < 1.29 is 8.42 Å². The van der Waals surface area contributed by atoms with Gasteiger partial charge in [0.05, 0.1) is 10.5 Å². The number of rotatable bonds is 5. The Morgan fingerprint density at radius 1 is 0.968 bits per heavy atom. The molecule has 0 unspecified atom stereocenters. The van der Waals surface area contributed by atoms with Gasteiger partial charge in [0.25, 0.3) is 0 Å². The molecule has 3 aromatic rings. The van der Waals surface area contributed by atoms with Crippen LogP contribution in [-0.4, -0.2) is 54.1 Å². The molecule has 10 heteroatoms. The molecule has 1 saturated heterocycles. The maximum atomic E-state index is 13.0. The molecule has 0 spiro atoms. The average Bonchev–Trinajstić information content (AvgIpc) is 2.81. The van der Waals surface area contributed by atoms with Gasteiger partial charge in [-0.1, -0.05) is 18.2 Å². The second kappa shape index (κ2) is 8.67. The number of sulfonamides is 1. The highest BCUT2D eigenvalue weighted by atomic mass is 32.2. The minimum absolute atomic E-state index is 0.0471. The summed E-state index contributed by atoms with van der Waals surface area (Å²) in [6.07, 6.45) is 1.77. The molecule has 9 nitrogen and oxygen atoms in total. The van der Waals surface area contributed by atoms with Crippen LogP contribution >= 0.6 is 0 Å². The van der Waals surface area contributed by atoms with E-state index in [1.165, 1.54) is 16.4 Å². The Bertz CT molecular complexity index is 1200. The number of piperazine rings is 1. The van der Waals surface area contributed by atoms with Crippen molar-refractivity contribution in [1.82, 2.24) is 19.5 Å². The second-order valence-corrected chi connectivity index (χ2v) is 9.03. The van der Waals surface area contributed by atoms with Crippen LogP contribution in [0.3, 0.4) is 0 Å². The highest BCUT2D eigenvalue weighted by Gasteiger charge is 2.30. The maximum Gasteiger partial charge on any atom is 0.244 e. The Hall–Kier alpha value is -3.55. The first-order chi connectivity index (χ1) is 15.0. The molecule has 1 aromatic carbocycles. The first kappa shape index (κ1) is 20.7. The number of nitriles is 1. The molecule has 3 heterocycles. The molecule has 0 saturated carbocycles. The molecule has 158 valence electrons. The maximum absolute atomic E-state index is 13.0. The molecule has 0 radical (unpaired) electrons. The molecular weight excluding hydrogens is 414 g/mol. The fourth-order valence-corrected chi connectivity index (χ4v) is 4.88. The van der Waals surface area contributed by atoms with Crippen molar-refractivity contribution in [2.75, 3.05) is 36.4 Å². The van der Waals surface area contributed by atoms with E-state index in [0.717, 1.165) is 5.56 Å². The summed E-state index contributed by atoms with van der Waals surface area (Å²) in [5, 5.41) is 20.8. The van der Waals surface area contributed by atoms with Crippen molar-refractivity contribution in [3.63, 3.8) is 0 Å². The lowest BCUT2D eigenvalue weighted by Gasteiger charge is -2.34. The average molecular weight is 436 g/mol. The van der Waals surface area contributed by atoms with Gasteiger partial charge in [-0.05, 0) is 42.8 Å². The molecule has 0 amide bonds. The Kier molecular flexibility index (Phi) is 5.79. The molecule has 1 aliphatic heterocycles. The fourth-order valence-electron chi connectivity index (χ4n) is 3.31. The van der Waals surface area contributed by atoms with Crippen LogP contribution in [0.2, 0.25) is 0 Å². The number of nitrogens with zero attached hydrogens (tertiary/aromatic N) is 6. The summed E-state index contributed by atoms with van der Waals surface area (Å²) in [4.78, 5) is 6.32. The molecule has 0 aliphatic carbocycles. The number of aromatic nitrogens is 3. The van der Waals surface area contributed by atoms with E-state index >= 15 is 0 Å². The van der Waals surface area contributed by atoms with E-state index in [-0.39, 0.29) is 10.5 Å². The van der Waals surface area contributed by atoms with Gasteiger partial charge in [0.1, 0.15) is 11.9 Å². The minimum Gasteiger partial charge on any atom is -0.352 e. The molecule has 1 aliphatic rings. The summed E-state index contributed by atoms with van der Waals surface area (Å²) >= 11 is 0. The molecule has 0 bridgehead atoms. The third-order valence-corrected chi connectivity index (χ3v) is 6.96. The van der Waals surface area contributed by atoms with Gasteiger partial charge in [-0.15, -0.1) is 10.2 Å². The van der Waals surface area contributed by atoms with Crippen LogP contribution in [-0.2, 0) is 10.0 Å². The highest BCUT2D eigenvalue weighted by Crippen LogP contribution is 2.23. The van der Waals surface area contributed by atoms with Crippen LogP contribution in [0.4, 0.5) is 17.5 Å². The molecule has 4 rings (SSSR count). The molecule has 0 atom stereocenters. The first-order valence-corrected chi connectivity index (χ1v) is 11.2. The lowest BCUT2D eigenvalue weighted by molar-refractivity contribution is 0.383. The number of aryl methyl sites for hydroxylation is 1. The van der Waals surface area contributed by atoms with Gasteiger partial charge in [-0.25, -0.2) is 13.4 Å². The smallest absolute Gasteiger partial charge is 0.244 e. The van der Waals surface area contributed by atoms with Gasteiger partial charge < -0.3 is 10.2 Å². The van der Waals surface area contributed by atoms with E-state index in [4.69, 9.17) is 0 Å². The zero-order valence-electron chi connectivity index (χ0n) is 16.9. The second-order valence-electron chi connectivity index (χ2n) is 7.12. The number of benzene rings is 1. The summed E-state index contributed by atoms with van der Waals surface area (Å²) in [5.74, 6) is 1.94. The monoisotopic (exact) mass is 435 g/mol. The third-order valence-electron chi connectivity index (χ3n) is 5.01. The van der Waals surface area contributed by atoms with Crippen LogP contribution in [0, 0.1) is 18.3 Å². The van der Waals surface area contributed by atoms with Crippen LogP contribution < -0.4 is 10.2 Å². The number of hydrogen-bond donors (Lipinski definition) is 1. The van der Waals surface area contributed by atoms with Crippen molar-refractivity contribution >= 4 is 27.5 Å². The first-order valence-electron chi connectivity index (χ1n) is 9.75. The Morgan fingerprint density at radius 2 is 1.71 bits per heavy atom. The van der Waals surface area contributed by atoms with Gasteiger partial charge in [-0.3, -0.25) is 0 Å². The minimum atomic E-state index is -3.72. The van der Waals surface area contributed by atoms with Gasteiger partial charge in [0.2, 0.25) is 10.0 Å². The van der Waals surface area contributed by atoms with Crippen LogP contribution in [0.5, 0.6) is 0 Å². The van der Waals surface area contributed by atoms with E-state index in [1.54, 1.807) is 18.3 Å². The molecule has 1 N–H and O–H groups in total. The standard InChI is InChI=1S/C21H21N7O2S/c1-16-6-7-19(23-15-16)24-20-8-9-21(26-25-20)27-10-12-28(13-11-27)31(29,30)18-5-3-2-4-17(18)14-22/h2-9,15H,10-13H2,1H3,(H,23,24,25). The van der Waals surface area contributed by atoms with Gasteiger partial charge in [0.15, 0.2) is 11.6 Å². The summed E-state index contributed by atoms with van der Waals surface area (Å²) in [6, 6.07) is 15.7. The normalized spacial score (nSPS) is 14.8. The largest absolute Gasteiger partial charge is 0.352 e. The van der Waals surface area contributed by atoms with Gasteiger partial charge >= 0.3 is 0 Å². The number of hydrogen-bond acceptors (Lipinski definition) is 8. The molecular formula is C21H21N7O2S. The van der Waals surface area contributed by atoms with E-state index in [0.29, 0.717) is 43.6 Å². The van der Waals surface area contributed by atoms with Gasteiger partial charge in [0, 0.05) is 32.4 Å². The summed E-state index contributed by atoms with van der Waals surface area (Å²) in [7, 11) is -3.72. The van der Waals surface area contributed by atoms with Crippen LogP contribution in [0.15, 0.2) is 59.6 Å². The molecule has 2 aromatic heterocycles. The Labute approximate surface area is 181 Å². The number of nitrogens with one attached hydrogen (secondary N) is 1. The zero-order chi connectivity index (χ0) is 21.8. The molecule has 31 heavy (non-hydrogen) atoms. The topological polar surface area (TPSA) is 115 Å². The quantitative estimate of drug-likeness (QED) is 0.649. The van der Waals surface area contributed by atoms with E-state index in [2.05, 4.69) is 20.5 Å². The number of anilines is 3. The highest BCUT2D eigenvalue weighted by molar-refractivity contribution is 7.89.